The van der Waals surface area contributed by atoms with Crippen molar-refractivity contribution in [1.29, 1.82) is 0 Å². The summed E-state index contributed by atoms with van der Waals surface area (Å²) in [6.07, 6.45) is 1.08. The van der Waals surface area contributed by atoms with E-state index in [1.165, 1.54) is 0 Å². The van der Waals surface area contributed by atoms with Crippen molar-refractivity contribution in [2.24, 2.45) is 0 Å². The Bertz CT molecular complexity index is 528. The Morgan fingerprint density at radius 2 is 2.28 bits per heavy atom. The summed E-state index contributed by atoms with van der Waals surface area (Å²) in [7, 11) is 0. The van der Waals surface area contributed by atoms with Gasteiger partial charge in [-0.25, -0.2) is 0 Å². The summed E-state index contributed by atoms with van der Waals surface area (Å²) in [6.45, 7) is 3.69. The van der Waals surface area contributed by atoms with E-state index in [-0.39, 0.29) is 0 Å². The normalized spacial score (nSPS) is 10.8. The van der Waals surface area contributed by atoms with Gasteiger partial charge in [-0.2, -0.15) is 4.68 Å². The van der Waals surface area contributed by atoms with Crippen molar-refractivity contribution in [3.8, 4) is 5.69 Å². The van der Waals surface area contributed by atoms with Crippen molar-refractivity contribution in [3.05, 3.63) is 33.5 Å². The van der Waals surface area contributed by atoms with Gasteiger partial charge in [0.25, 0.3) is 0 Å². The molecule has 0 fully saturated rings. The Labute approximate surface area is 119 Å². The second-order valence-electron chi connectivity index (χ2n) is 3.78. The summed E-state index contributed by atoms with van der Waals surface area (Å²) in [5.74, 6) is 0.770. The predicted molar refractivity (Wildman–Crippen MR) is 73.9 cm³/mol. The van der Waals surface area contributed by atoms with E-state index >= 15 is 0 Å². The number of rotatable bonds is 5. The van der Waals surface area contributed by atoms with Crippen LogP contribution in [0.25, 0.3) is 5.69 Å². The highest BCUT2D eigenvalue weighted by molar-refractivity contribution is 9.10. The van der Waals surface area contributed by atoms with Gasteiger partial charge in [-0.3, -0.25) is 0 Å². The molecule has 18 heavy (non-hydrogen) atoms. The van der Waals surface area contributed by atoms with Crippen molar-refractivity contribution < 1.29 is 0 Å². The van der Waals surface area contributed by atoms with Crippen LogP contribution in [-0.4, -0.2) is 26.8 Å². The van der Waals surface area contributed by atoms with E-state index in [1.807, 2.05) is 18.2 Å². The van der Waals surface area contributed by atoms with Crippen molar-refractivity contribution in [2.75, 3.05) is 6.54 Å². The van der Waals surface area contributed by atoms with Crippen LogP contribution in [0.3, 0.4) is 0 Å². The van der Waals surface area contributed by atoms with E-state index in [2.05, 4.69) is 43.7 Å². The molecule has 96 valence electrons. The van der Waals surface area contributed by atoms with Crippen molar-refractivity contribution in [3.63, 3.8) is 0 Å². The standard InChI is InChI=1S/C11H13BrClN5/c1-2-5-14-7-11-15-16-17-18(11)10-4-3-8(13)6-9(10)12/h3-4,6,14H,2,5,7H2,1H3. The molecule has 0 aliphatic heterocycles. The highest BCUT2D eigenvalue weighted by Crippen LogP contribution is 2.24. The summed E-state index contributed by atoms with van der Waals surface area (Å²) in [5.41, 5.74) is 0.873. The summed E-state index contributed by atoms with van der Waals surface area (Å²) in [6, 6.07) is 5.51. The van der Waals surface area contributed by atoms with Gasteiger partial charge in [0.1, 0.15) is 0 Å². The van der Waals surface area contributed by atoms with Gasteiger partial charge in [-0.05, 0) is 57.5 Å². The second kappa shape index (κ2) is 6.26. The highest BCUT2D eigenvalue weighted by atomic mass is 79.9. The predicted octanol–water partition coefficient (Wildman–Crippen LogP) is 2.58. The van der Waals surface area contributed by atoms with Crippen molar-refractivity contribution in [2.45, 2.75) is 19.9 Å². The van der Waals surface area contributed by atoms with Gasteiger partial charge in [-0.15, -0.1) is 5.10 Å². The van der Waals surface area contributed by atoms with E-state index in [0.717, 1.165) is 29.0 Å². The number of aromatic nitrogens is 4. The molecule has 0 saturated heterocycles. The minimum absolute atomic E-state index is 0.635. The molecule has 0 unspecified atom stereocenters. The third-order valence-electron chi connectivity index (χ3n) is 2.38. The van der Waals surface area contributed by atoms with Crippen LogP contribution in [0.5, 0.6) is 0 Å². The lowest BCUT2D eigenvalue weighted by molar-refractivity contribution is 0.632. The average molecular weight is 331 g/mol. The highest BCUT2D eigenvalue weighted by Gasteiger charge is 2.10. The molecule has 0 radical (unpaired) electrons. The van der Waals surface area contributed by atoms with Crippen LogP contribution < -0.4 is 5.32 Å². The Kier molecular flexibility index (Phi) is 4.68. The summed E-state index contributed by atoms with van der Waals surface area (Å²) >= 11 is 9.38. The lowest BCUT2D eigenvalue weighted by atomic mass is 10.3. The minimum atomic E-state index is 0.635. The molecule has 1 heterocycles. The molecular weight excluding hydrogens is 318 g/mol. The number of hydrogen-bond acceptors (Lipinski definition) is 4. The van der Waals surface area contributed by atoms with Crippen LogP contribution in [0.1, 0.15) is 19.2 Å². The number of nitrogens with one attached hydrogen (secondary N) is 1. The quantitative estimate of drug-likeness (QED) is 0.856. The molecular formula is C11H13BrClN5. The van der Waals surface area contributed by atoms with Crippen LogP contribution in [0.2, 0.25) is 5.02 Å². The maximum atomic E-state index is 5.92. The van der Waals surface area contributed by atoms with Gasteiger partial charge in [0.2, 0.25) is 0 Å². The topological polar surface area (TPSA) is 55.6 Å². The van der Waals surface area contributed by atoms with Crippen LogP contribution in [0.15, 0.2) is 22.7 Å². The Morgan fingerprint density at radius 3 is 3.00 bits per heavy atom. The average Bonchev–Trinajstić information content (AvgIpc) is 2.78. The van der Waals surface area contributed by atoms with Crippen LogP contribution in [-0.2, 0) is 6.54 Å². The number of halogens is 2. The first kappa shape index (κ1) is 13.5. The fourth-order valence-electron chi connectivity index (χ4n) is 1.53. The van der Waals surface area contributed by atoms with E-state index in [0.29, 0.717) is 11.6 Å². The zero-order chi connectivity index (χ0) is 13.0. The van der Waals surface area contributed by atoms with Crippen LogP contribution in [0, 0.1) is 0 Å². The molecule has 0 aliphatic carbocycles. The second-order valence-corrected chi connectivity index (χ2v) is 5.07. The number of nitrogens with zero attached hydrogens (tertiary/aromatic N) is 4. The molecule has 1 aromatic carbocycles. The van der Waals surface area contributed by atoms with Crippen LogP contribution in [0.4, 0.5) is 0 Å². The third-order valence-corrected chi connectivity index (χ3v) is 3.25. The van der Waals surface area contributed by atoms with Crippen LogP contribution >= 0.6 is 27.5 Å². The summed E-state index contributed by atoms with van der Waals surface area (Å²) in [4.78, 5) is 0. The molecule has 2 rings (SSSR count). The van der Waals surface area contributed by atoms with Gasteiger partial charge in [0.05, 0.1) is 12.2 Å². The zero-order valence-electron chi connectivity index (χ0n) is 9.90. The van der Waals surface area contributed by atoms with Gasteiger partial charge < -0.3 is 5.32 Å². The fourth-order valence-corrected chi connectivity index (χ4v) is 2.38. The fraction of sp³-hybridized carbons (Fsp3) is 0.364. The largest absolute Gasteiger partial charge is 0.310 e. The smallest absolute Gasteiger partial charge is 0.170 e. The first-order valence-corrected chi connectivity index (χ1v) is 6.83. The molecule has 0 bridgehead atoms. The molecule has 5 nitrogen and oxygen atoms in total. The lowest BCUT2D eigenvalue weighted by Crippen LogP contribution is -2.17. The van der Waals surface area contributed by atoms with E-state index in [9.17, 15) is 0 Å². The Hall–Kier alpha value is -0.980. The molecule has 0 saturated carbocycles. The molecule has 1 N–H and O–H groups in total. The summed E-state index contributed by atoms with van der Waals surface area (Å²) in [5, 5.41) is 15.7. The molecule has 0 atom stereocenters. The van der Waals surface area contributed by atoms with Crippen molar-refractivity contribution in [1.82, 2.24) is 25.5 Å². The third kappa shape index (κ3) is 3.07. The Balaban J connectivity index is 2.25. The molecule has 1 aromatic heterocycles. The maximum absolute atomic E-state index is 5.92. The van der Waals surface area contributed by atoms with E-state index < -0.39 is 0 Å². The Morgan fingerprint density at radius 1 is 1.44 bits per heavy atom. The molecule has 0 amide bonds. The van der Waals surface area contributed by atoms with Crippen molar-refractivity contribution >= 4 is 27.5 Å². The maximum Gasteiger partial charge on any atom is 0.170 e. The number of hydrogen-bond donors (Lipinski definition) is 1. The number of tetrazole rings is 1. The number of benzene rings is 1. The molecule has 0 spiro atoms. The SMILES string of the molecule is CCCNCc1nnnn1-c1ccc(Cl)cc1Br. The minimum Gasteiger partial charge on any atom is -0.310 e. The molecule has 0 aliphatic rings. The monoisotopic (exact) mass is 329 g/mol. The first-order chi connectivity index (χ1) is 8.72. The van der Waals surface area contributed by atoms with Gasteiger partial charge in [0.15, 0.2) is 5.82 Å². The van der Waals surface area contributed by atoms with Gasteiger partial charge in [0, 0.05) is 9.50 Å². The summed E-state index contributed by atoms with van der Waals surface area (Å²) < 4.78 is 2.56. The van der Waals surface area contributed by atoms with E-state index in [1.54, 1.807) is 4.68 Å². The lowest BCUT2D eigenvalue weighted by Gasteiger charge is -2.07. The van der Waals surface area contributed by atoms with E-state index in [4.69, 9.17) is 11.6 Å². The molecule has 2 aromatic rings. The van der Waals surface area contributed by atoms with Gasteiger partial charge >= 0.3 is 0 Å². The van der Waals surface area contributed by atoms with Gasteiger partial charge in [-0.1, -0.05) is 18.5 Å². The zero-order valence-corrected chi connectivity index (χ0v) is 12.2. The first-order valence-electron chi connectivity index (χ1n) is 5.65. The molecule has 7 heteroatoms.